The lowest BCUT2D eigenvalue weighted by Crippen LogP contribution is -2.61. The minimum absolute atomic E-state index is 0.347. The van der Waals surface area contributed by atoms with Gasteiger partial charge in [-0.25, -0.2) is 8.78 Å². The van der Waals surface area contributed by atoms with Crippen LogP contribution in [0.1, 0.15) is 6.92 Å². The topological polar surface area (TPSA) is 29.1 Å². The lowest BCUT2D eigenvalue weighted by atomic mass is 10.0. The second-order valence-corrected chi connectivity index (χ2v) is 3.67. The minimum atomic E-state index is -6.32. The Labute approximate surface area is 102 Å². The van der Waals surface area contributed by atoms with Gasteiger partial charge in [-0.15, -0.1) is 0 Å². The van der Waals surface area contributed by atoms with E-state index < -0.39 is 36.6 Å². The van der Waals surface area contributed by atoms with Gasteiger partial charge < -0.3 is 5.32 Å². The van der Waals surface area contributed by atoms with E-state index in [0.717, 1.165) is 6.92 Å². The summed E-state index contributed by atoms with van der Waals surface area (Å²) in [4.78, 5) is 10.8. The van der Waals surface area contributed by atoms with Gasteiger partial charge in [0.15, 0.2) is 0 Å². The van der Waals surface area contributed by atoms with Gasteiger partial charge in [-0.05, 0) is 6.92 Å². The van der Waals surface area contributed by atoms with E-state index in [4.69, 9.17) is 0 Å². The number of nitrogens with one attached hydrogen (secondary N) is 1. The van der Waals surface area contributed by atoms with E-state index in [2.05, 4.69) is 6.58 Å². The highest BCUT2D eigenvalue weighted by atomic mass is 19.4. The summed E-state index contributed by atoms with van der Waals surface area (Å²) in [6.07, 6.45) is -4.98. The van der Waals surface area contributed by atoms with Crippen LogP contribution in [0.15, 0.2) is 12.2 Å². The van der Waals surface area contributed by atoms with Gasteiger partial charge in [-0.2, -0.15) is 26.3 Å². The molecule has 0 bridgehead atoms. The predicted molar refractivity (Wildman–Crippen MR) is 48.7 cm³/mol. The highest BCUT2D eigenvalue weighted by Crippen LogP contribution is 2.48. The molecule has 2 nitrogen and oxygen atoms in total. The van der Waals surface area contributed by atoms with Crippen LogP contribution in [-0.2, 0) is 4.79 Å². The Kier molecular flexibility index (Phi) is 4.96. The van der Waals surface area contributed by atoms with Gasteiger partial charge >= 0.3 is 24.2 Å². The fraction of sp³-hybridized carbons (Fsp3) is 0.667. The Morgan fingerprint density at radius 2 is 1.58 bits per heavy atom. The SMILES string of the molecule is C=C(C)C(=O)NCC(F)(F)C(F)(F)C(F)(F)C(F)F. The Hall–Kier alpha value is -1.35. The van der Waals surface area contributed by atoms with Crippen LogP contribution in [0.3, 0.4) is 0 Å². The summed E-state index contributed by atoms with van der Waals surface area (Å²) in [7, 11) is 0. The van der Waals surface area contributed by atoms with Gasteiger partial charge in [0.1, 0.15) is 0 Å². The van der Waals surface area contributed by atoms with Crippen molar-refractivity contribution in [1.82, 2.24) is 5.32 Å². The van der Waals surface area contributed by atoms with E-state index >= 15 is 0 Å². The highest BCUT2D eigenvalue weighted by molar-refractivity contribution is 5.92. The molecular formula is C9H9F8NO. The van der Waals surface area contributed by atoms with Crippen molar-refractivity contribution < 1.29 is 39.9 Å². The molecule has 0 aromatic rings. The van der Waals surface area contributed by atoms with Crippen molar-refractivity contribution in [2.24, 2.45) is 0 Å². The van der Waals surface area contributed by atoms with Crippen molar-refractivity contribution in [2.75, 3.05) is 6.54 Å². The summed E-state index contributed by atoms with van der Waals surface area (Å²) < 4.78 is 99.4. The van der Waals surface area contributed by atoms with Crippen LogP contribution >= 0.6 is 0 Å². The predicted octanol–water partition coefficient (Wildman–Crippen LogP) is 2.85. The molecule has 0 aliphatic carbocycles. The maximum absolute atomic E-state index is 12.9. The maximum atomic E-state index is 12.9. The monoisotopic (exact) mass is 299 g/mol. The number of halogens is 8. The number of amides is 1. The summed E-state index contributed by atoms with van der Waals surface area (Å²) in [5.41, 5.74) is -0.347. The van der Waals surface area contributed by atoms with Crippen LogP contribution in [-0.4, -0.2) is 36.6 Å². The molecule has 0 atom stereocenters. The molecule has 0 saturated heterocycles. The largest absolute Gasteiger partial charge is 0.379 e. The molecule has 0 aromatic carbocycles. The molecule has 0 aromatic heterocycles. The molecule has 10 heteroatoms. The van der Waals surface area contributed by atoms with Crippen molar-refractivity contribution in [2.45, 2.75) is 31.1 Å². The summed E-state index contributed by atoms with van der Waals surface area (Å²) >= 11 is 0. The molecular weight excluding hydrogens is 290 g/mol. The molecule has 0 aliphatic heterocycles. The highest BCUT2D eigenvalue weighted by Gasteiger charge is 2.75. The average molecular weight is 299 g/mol. The quantitative estimate of drug-likeness (QED) is 0.593. The van der Waals surface area contributed by atoms with Gasteiger partial charge in [-0.3, -0.25) is 4.79 Å². The fourth-order valence-corrected chi connectivity index (χ4v) is 0.834. The normalized spacial score (nSPS) is 13.6. The number of rotatable bonds is 6. The first-order chi connectivity index (χ1) is 8.27. The molecule has 0 radical (unpaired) electrons. The number of hydrogen-bond acceptors (Lipinski definition) is 1. The second kappa shape index (κ2) is 5.33. The van der Waals surface area contributed by atoms with E-state index in [0.29, 0.717) is 0 Å². The van der Waals surface area contributed by atoms with Gasteiger partial charge in [0.2, 0.25) is 5.91 Å². The number of alkyl halides is 8. The van der Waals surface area contributed by atoms with E-state index in [9.17, 15) is 39.9 Å². The van der Waals surface area contributed by atoms with Crippen molar-refractivity contribution >= 4 is 5.91 Å². The van der Waals surface area contributed by atoms with E-state index in [1.54, 1.807) is 0 Å². The fourth-order valence-electron chi connectivity index (χ4n) is 0.834. The Morgan fingerprint density at radius 3 is 1.89 bits per heavy atom. The summed E-state index contributed by atoms with van der Waals surface area (Å²) in [6.45, 7) is 1.80. The zero-order chi connectivity index (χ0) is 15.6. The van der Waals surface area contributed by atoms with Crippen LogP contribution in [0.5, 0.6) is 0 Å². The number of carbonyl (C=O) groups is 1. The summed E-state index contributed by atoms with van der Waals surface area (Å²) in [5, 5.41) is 1.19. The van der Waals surface area contributed by atoms with Gasteiger partial charge in [-0.1, -0.05) is 6.58 Å². The van der Waals surface area contributed by atoms with E-state index in [1.165, 1.54) is 5.32 Å². The first-order valence-corrected chi connectivity index (χ1v) is 4.62. The molecule has 112 valence electrons. The standard InChI is InChI=1S/C9H9F8NO/c1-4(2)5(19)18-3-7(12,13)9(16,17)8(14,15)6(10)11/h6H,1,3H2,2H3,(H,18,19). The van der Waals surface area contributed by atoms with E-state index in [-0.39, 0.29) is 5.57 Å². The molecule has 1 N–H and O–H groups in total. The van der Waals surface area contributed by atoms with Crippen LogP contribution < -0.4 is 5.32 Å². The molecule has 0 fully saturated rings. The molecule has 0 rings (SSSR count). The molecule has 0 spiro atoms. The van der Waals surface area contributed by atoms with Crippen LogP contribution in [0.25, 0.3) is 0 Å². The first-order valence-electron chi connectivity index (χ1n) is 4.62. The minimum Gasteiger partial charge on any atom is -0.346 e. The molecule has 19 heavy (non-hydrogen) atoms. The maximum Gasteiger partial charge on any atom is 0.379 e. The third-order valence-corrected chi connectivity index (χ3v) is 2.01. The third kappa shape index (κ3) is 3.35. The molecule has 1 amide bonds. The van der Waals surface area contributed by atoms with Gasteiger partial charge in [0, 0.05) is 5.57 Å². The van der Waals surface area contributed by atoms with Crippen LogP contribution in [0.2, 0.25) is 0 Å². The van der Waals surface area contributed by atoms with Crippen molar-refractivity contribution in [1.29, 1.82) is 0 Å². The lowest BCUT2D eigenvalue weighted by Gasteiger charge is -2.32. The molecule has 0 aliphatic rings. The molecule has 0 unspecified atom stereocenters. The Bertz CT molecular complexity index is 365. The first kappa shape index (κ1) is 17.6. The third-order valence-electron chi connectivity index (χ3n) is 2.01. The van der Waals surface area contributed by atoms with Crippen molar-refractivity contribution in [3.05, 3.63) is 12.2 Å². The average Bonchev–Trinajstić information content (AvgIpc) is 2.24. The van der Waals surface area contributed by atoms with Crippen LogP contribution in [0, 0.1) is 0 Å². The Balaban J connectivity index is 5.08. The summed E-state index contributed by atoms with van der Waals surface area (Å²) in [5.74, 6) is -19.4. The molecule has 0 heterocycles. The smallest absolute Gasteiger partial charge is 0.346 e. The Morgan fingerprint density at radius 1 is 1.16 bits per heavy atom. The van der Waals surface area contributed by atoms with Crippen LogP contribution in [0.4, 0.5) is 35.1 Å². The van der Waals surface area contributed by atoms with E-state index in [1.807, 2.05) is 0 Å². The summed E-state index contributed by atoms with van der Waals surface area (Å²) in [6, 6.07) is 0. The van der Waals surface area contributed by atoms with Gasteiger partial charge in [0.05, 0.1) is 6.54 Å². The second-order valence-electron chi connectivity index (χ2n) is 3.67. The van der Waals surface area contributed by atoms with Gasteiger partial charge in [0.25, 0.3) is 0 Å². The lowest BCUT2D eigenvalue weighted by molar-refractivity contribution is -0.336. The zero-order valence-corrected chi connectivity index (χ0v) is 9.42. The van der Waals surface area contributed by atoms with Crippen molar-refractivity contribution in [3.8, 4) is 0 Å². The molecule has 0 saturated carbocycles. The number of hydrogen-bond donors (Lipinski definition) is 1. The van der Waals surface area contributed by atoms with Crippen molar-refractivity contribution in [3.63, 3.8) is 0 Å². The number of carbonyl (C=O) groups excluding carboxylic acids is 1. The zero-order valence-electron chi connectivity index (χ0n) is 9.42.